The molecule has 0 aromatic heterocycles. The van der Waals surface area contributed by atoms with E-state index >= 15 is 0 Å². The number of aliphatic hydroxyl groups is 2. The van der Waals surface area contributed by atoms with Crippen LogP contribution in [0.25, 0.3) is 0 Å². The van der Waals surface area contributed by atoms with Crippen LogP contribution in [0.1, 0.15) is 55.8 Å². The molecule has 1 atom stereocenters. The molecule has 1 aliphatic carbocycles. The van der Waals surface area contributed by atoms with E-state index in [1.165, 1.54) is 0 Å². The lowest BCUT2D eigenvalue weighted by Crippen LogP contribution is -2.36. The first-order valence-corrected chi connectivity index (χ1v) is 7.36. The lowest BCUT2D eigenvalue weighted by molar-refractivity contribution is -0.0874. The Morgan fingerprint density at radius 1 is 1.11 bits per heavy atom. The molecule has 1 aromatic carbocycles. The van der Waals surface area contributed by atoms with Gasteiger partial charge in [-0.1, -0.05) is 43.9 Å². The molecule has 1 saturated carbocycles. The van der Waals surface area contributed by atoms with Crippen LogP contribution in [-0.4, -0.2) is 22.4 Å². The number of benzene rings is 1. The fourth-order valence-corrected chi connectivity index (χ4v) is 3.36. The Kier molecular flexibility index (Phi) is 3.50. The maximum Gasteiger partial charge on any atom is 0.128 e. The highest BCUT2D eigenvalue weighted by Gasteiger charge is 2.38. The normalized spacial score (nSPS) is 23.3. The van der Waals surface area contributed by atoms with E-state index in [1.807, 2.05) is 18.2 Å². The Labute approximate surface area is 114 Å². The summed E-state index contributed by atoms with van der Waals surface area (Å²) in [6.07, 6.45) is 5.70. The molecule has 0 bridgehead atoms. The second kappa shape index (κ2) is 5.14. The molecule has 0 amide bonds. The minimum atomic E-state index is -0.989. The van der Waals surface area contributed by atoms with Crippen LogP contribution in [0.3, 0.4) is 0 Å². The van der Waals surface area contributed by atoms with Gasteiger partial charge in [-0.15, -0.1) is 0 Å². The van der Waals surface area contributed by atoms with E-state index in [0.29, 0.717) is 19.4 Å². The molecular formula is C16H22O3. The van der Waals surface area contributed by atoms with Crippen LogP contribution in [-0.2, 0) is 6.42 Å². The third-order valence-electron chi connectivity index (χ3n) is 4.52. The molecule has 3 rings (SSSR count). The molecule has 3 heteroatoms. The molecule has 19 heavy (non-hydrogen) atoms. The molecule has 2 N–H and O–H groups in total. The molecule has 1 fully saturated rings. The number of aliphatic hydroxyl groups excluding tert-OH is 1. The molecule has 0 radical (unpaired) electrons. The van der Waals surface area contributed by atoms with E-state index in [9.17, 15) is 10.2 Å². The number of ether oxygens (including phenoxy) is 1. The second-order valence-corrected chi connectivity index (χ2v) is 5.85. The molecule has 1 aliphatic heterocycles. The summed E-state index contributed by atoms with van der Waals surface area (Å²) >= 11 is 0. The van der Waals surface area contributed by atoms with E-state index in [2.05, 4.69) is 0 Å². The first-order valence-electron chi connectivity index (χ1n) is 7.36. The molecule has 0 saturated heterocycles. The smallest absolute Gasteiger partial charge is 0.128 e. The van der Waals surface area contributed by atoms with Gasteiger partial charge in [-0.05, 0) is 18.4 Å². The molecular weight excluding hydrogens is 240 g/mol. The lowest BCUT2D eigenvalue weighted by Gasteiger charge is -2.33. The quantitative estimate of drug-likeness (QED) is 0.806. The van der Waals surface area contributed by atoms with Crippen molar-refractivity contribution in [1.82, 2.24) is 0 Å². The average Bonchev–Trinajstić information content (AvgIpc) is 2.79. The van der Waals surface area contributed by atoms with Crippen molar-refractivity contribution >= 4 is 0 Å². The third kappa shape index (κ3) is 2.37. The van der Waals surface area contributed by atoms with Crippen molar-refractivity contribution in [2.24, 2.45) is 0 Å². The topological polar surface area (TPSA) is 49.7 Å². The van der Waals surface area contributed by atoms with Gasteiger partial charge in [-0.25, -0.2) is 0 Å². The Morgan fingerprint density at radius 2 is 1.84 bits per heavy atom. The van der Waals surface area contributed by atoms with Crippen LogP contribution in [0.2, 0.25) is 0 Å². The summed E-state index contributed by atoms with van der Waals surface area (Å²) in [5.41, 5.74) is 0.922. The molecule has 1 aromatic rings. The first kappa shape index (κ1) is 12.9. The number of rotatable bonds is 2. The fraction of sp³-hybridized carbons (Fsp3) is 0.625. The van der Waals surface area contributed by atoms with Crippen molar-refractivity contribution in [2.75, 3.05) is 6.61 Å². The Morgan fingerprint density at radius 3 is 2.58 bits per heavy atom. The van der Waals surface area contributed by atoms with Crippen LogP contribution in [0.4, 0.5) is 0 Å². The standard InChI is InChI=1S/C16H22O3/c17-15(16(18)9-3-1-2-4-10-16)13-7-5-6-12-8-11-19-14(12)13/h5-7,15,17-18H,1-4,8-11H2. The van der Waals surface area contributed by atoms with Gasteiger partial charge in [0.1, 0.15) is 11.9 Å². The summed E-state index contributed by atoms with van der Waals surface area (Å²) in [4.78, 5) is 0. The number of hydrogen-bond donors (Lipinski definition) is 2. The van der Waals surface area contributed by atoms with Crippen LogP contribution in [0.15, 0.2) is 18.2 Å². The van der Waals surface area contributed by atoms with Crippen LogP contribution < -0.4 is 4.74 Å². The predicted octanol–water partition coefficient (Wildman–Crippen LogP) is 2.74. The number of para-hydroxylation sites is 1. The zero-order chi connectivity index (χ0) is 13.3. The number of fused-ring (bicyclic) bond motifs is 1. The van der Waals surface area contributed by atoms with Gasteiger partial charge >= 0.3 is 0 Å². The highest BCUT2D eigenvalue weighted by Crippen LogP contribution is 2.42. The van der Waals surface area contributed by atoms with Gasteiger partial charge in [0, 0.05) is 12.0 Å². The van der Waals surface area contributed by atoms with E-state index in [1.54, 1.807) is 0 Å². The average molecular weight is 262 g/mol. The van der Waals surface area contributed by atoms with Crippen molar-refractivity contribution < 1.29 is 14.9 Å². The highest BCUT2D eigenvalue weighted by molar-refractivity contribution is 5.45. The predicted molar refractivity (Wildman–Crippen MR) is 73.3 cm³/mol. The van der Waals surface area contributed by atoms with Crippen molar-refractivity contribution in [3.8, 4) is 5.75 Å². The van der Waals surface area contributed by atoms with Gasteiger partial charge in [-0.2, -0.15) is 0 Å². The molecule has 1 heterocycles. The first-order chi connectivity index (χ1) is 9.21. The van der Waals surface area contributed by atoms with Gasteiger partial charge in [-0.3, -0.25) is 0 Å². The largest absolute Gasteiger partial charge is 0.493 e. The highest BCUT2D eigenvalue weighted by atomic mass is 16.5. The van der Waals surface area contributed by atoms with Crippen molar-refractivity contribution in [1.29, 1.82) is 0 Å². The second-order valence-electron chi connectivity index (χ2n) is 5.85. The lowest BCUT2D eigenvalue weighted by atomic mass is 9.84. The van der Waals surface area contributed by atoms with E-state index in [0.717, 1.165) is 49.0 Å². The maximum atomic E-state index is 10.8. The Bertz CT molecular complexity index is 447. The monoisotopic (exact) mass is 262 g/mol. The summed E-state index contributed by atoms with van der Waals surface area (Å²) in [5.74, 6) is 0.799. The summed E-state index contributed by atoms with van der Waals surface area (Å²) in [6, 6.07) is 5.87. The van der Waals surface area contributed by atoms with Crippen LogP contribution >= 0.6 is 0 Å². The SMILES string of the molecule is OC(c1cccc2c1OCC2)C1(O)CCCCCC1. The van der Waals surface area contributed by atoms with Gasteiger partial charge in [0.15, 0.2) is 0 Å². The van der Waals surface area contributed by atoms with Crippen LogP contribution in [0, 0.1) is 0 Å². The third-order valence-corrected chi connectivity index (χ3v) is 4.52. The molecule has 3 nitrogen and oxygen atoms in total. The Hall–Kier alpha value is -1.06. The van der Waals surface area contributed by atoms with E-state index < -0.39 is 11.7 Å². The number of hydrogen-bond acceptors (Lipinski definition) is 3. The zero-order valence-electron chi connectivity index (χ0n) is 11.3. The fourth-order valence-electron chi connectivity index (χ4n) is 3.36. The van der Waals surface area contributed by atoms with Crippen molar-refractivity contribution in [2.45, 2.75) is 56.7 Å². The molecule has 104 valence electrons. The molecule has 2 aliphatic rings. The summed E-state index contributed by atoms with van der Waals surface area (Å²) in [7, 11) is 0. The molecule has 1 unspecified atom stereocenters. The summed E-state index contributed by atoms with van der Waals surface area (Å²) < 4.78 is 5.65. The van der Waals surface area contributed by atoms with Gasteiger partial charge in [0.05, 0.1) is 12.2 Å². The van der Waals surface area contributed by atoms with Crippen LogP contribution in [0.5, 0.6) is 5.75 Å². The van der Waals surface area contributed by atoms with E-state index in [-0.39, 0.29) is 0 Å². The summed E-state index contributed by atoms with van der Waals surface area (Å²) in [5, 5.41) is 21.5. The minimum Gasteiger partial charge on any atom is -0.493 e. The maximum absolute atomic E-state index is 10.8. The van der Waals surface area contributed by atoms with Crippen molar-refractivity contribution in [3.63, 3.8) is 0 Å². The van der Waals surface area contributed by atoms with Crippen molar-refractivity contribution in [3.05, 3.63) is 29.3 Å². The molecule has 0 spiro atoms. The minimum absolute atomic E-state index is 0.678. The van der Waals surface area contributed by atoms with Gasteiger partial charge in [0.2, 0.25) is 0 Å². The van der Waals surface area contributed by atoms with E-state index in [4.69, 9.17) is 4.74 Å². The Balaban J connectivity index is 1.91. The van der Waals surface area contributed by atoms with Gasteiger partial charge < -0.3 is 14.9 Å². The summed E-state index contributed by atoms with van der Waals surface area (Å²) in [6.45, 7) is 0.678. The van der Waals surface area contributed by atoms with Gasteiger partial charge in [0.25, 0.3) is 0 Å². The zero-order valence-corrected chi connectivity index (χ0v) is 11.3.